The van der Waals surface area contributed by atoms with E-state index in [1.54, 1.807) is 24.3 Å². The molecule has 0 aliphatic heterocycles. The van der Waals surface area contributed by atoms with Crippen molar-refractivity contribution in [3.05, 3.63) is 69.7 Å². The van der Waals surface area contributed by atoms with Crippen LogP contribution in [-0.4, -0.2) is 12.6 Å². The summed E-state index contributed by atoms with van der Waals surface area (Å²) in [6.45, 7) is 0.698. The van der Waals surface area contributed by atoms with Gasteiger partial charge in [-0.05, 0) is 35.9 Å². The van der Waals surface area contributed by atoms with Crippen LogP contribution < -0.4 is 10.6 Å². The second kappa shape index (κ2) is 8.33. The van der Waals surface area contributed by atoms with Crippen molar-refractivity contribution in [1.29, 1.82) is 0 Å². The summed E-state index contributed by atoms with van der Waals surface area (Å²) < 4.78 is 0. The number of carbonyl (C=O) groups is 1. The SMILES string of the molecule is O=C(NCC#Cc1cccc(Cl)c1)NCc1ccc(Cl)cc1. The highest BCUT2D eigenvalue weighted by Gasteiger charge is 1.98. The van der Waals surface area contributed by atoms with E-state index in [1.807, 2.05) is 24.3 Å². The van der Waals surface area contributed by atoms with Crippen LogP contribution in [0.1, 0.15) is 11.1 Å². The number of hydrogen-bond acceptors (Lipinski definition) is 1. The summed E-state index contributed by atoms with van der Waals surface area (Å²) in [5.41, 5.74) is 1.79. The van der Waals surface area contributed by atoms with Crippen molar-refractivity contribution in [2.24, 2.45) is 0 Å². The minimum Gasteiger partial charge on any atom is -0.334 e. The average molecular weight is 333 g/mol. The maximum Gasteiger partial charge on any atom is 0.315 e. The molecular formula is C17H14Cl2N2O. The first kappa shape index (κ1) is 16.2. The Morgan fingerprint density at radius 2 is 1.77 bits per heavy atom. The third kappa shape index (κ3) is 5.69. The standard InChI is InChI=1S/C17H14Cl2N2O/c18-15-8-6-14(7-9-15)12-21-17(22)20-10-2-4-13-3-1-5-16(19)11-13/h1,3,5-9,11H,10,12H2,(H2,20,21,22). The lowest BCUT2D eigenvalue weighted by Crippen LogP contribution is -2.35. The van der Waals surface area contributed by atoms with Gasteiger partial charge in [0.25, 0.3) is 0 Å². The molecule has 0 spiro atoms. The summed E-state index contributed by atoms with van der Waals surface area (Å²) in [6.07, 6.45) is 0. The molecule has 0 bridgehead atoms. The molecule has 22 heavy (non-hydrogen) atoms. The van der Waals surface area contributed by atoms with Crippen molar-refractivity contribution in [2.75, 3.05) is 6.54 Å². The zero-order chi connectivity index (χ0) is 15.8. The quantitative estimate of drug-likeness (QED) is 0.823. The Kier molecular flexibility index (Phi) is 6.14. The van der Waals surface area contributed by atoms with Crippen molar-refractivity contribution >= 4 is 29.2 Å². The van der Waals surface area contributed by atoms with Crippen LogP contribution in [0.25, 0.3) is 0 Å². The fourth-order valence-electron chi connectivity index (χ4n) is 1.68. The highest BCUT2D eigenvalue weighted by Crippen LogP contribution is 2.09. The van der Waals surface area contributed by atoms with E-state index < -0.39 is 0 Å². The van der Waals surface area contributed by atoms with Crippen LogP contribution in [0.5, 0.6) is 0 Å². The van der Waals surface area contributed by atoms with Crippen LogP contribution in [0.4, 0.5) is 4.79 Å². The Bertz CT molecular complexity index is 703. The maximum absolute atomic E-state index is 11.6. The first-order chi connectivity index (χ1) is 10.6. The Morgan fingerprint density at radius 1 is 1.00 bits per heavy atom. The highest BCUT2D eigenvalue weighted by molar-refractivity contribution is 6.30. The van der Waals surface area contributed by atoms with Gasteiger partial charge in [0.1, 0.15) is 0 Å². The summed E-state index contributed by atoms with van der Waals surface area (Å²) in [7, 11) is 0. The van der Waals surface area contributed by atoms with Crippen molar-refractivity contribution in [1.82, 2.24) is 10.6 Å². The highest BCUT2D eigenvalue weighted by atomic mass is 35.5. The summed E-state index contributed by atoms with van der Waals surface area (Å²) in [4.78, 5) is 11.6. The molecule has 0 radical (unpaired) electrons. The molecule has 2 rings (SSSR count). The van der Waals surface area contributed by atoms with E-state index >= 15 is 0 Å². The molecule has 0 heterocycles. The fraction of sp³-hybridized carbons (Fsp3) is 0.118. The monoisotopic (exact) mass is 332 g/mol. The molecule has 2 N–H and O–H groups in total. The van der Waals surface area contributed by atoms with Gasteiger partial charge >= 0.3 is 6.03 Å². The molecule has 112 valence electrons. The molecule has 2 amide bonds. The van der Waals surface area contributed by atoms with Crippen LogP contribution in [0.3, 0.4) is 0 Å². The van der Waals surface area contributed by atoms with Gasteiger partial charge in [-0.15, -0.1) is 0 Å². The van der Waals surface area contributed by atoms with E-state index in [2.05, 4.69) is 22.5 Å². The molecule has 0 fully saturated rings. The number of amides is 2. The molecule has 0 atom stereocenters. The van der Waals surface area contributed by atoms with E-state index in [-0.39, 0.29) is 12.6 Å². The van der Waals surface area contributed by atoms with Gasteiger partial charge < -0.3 is 10.6 Å². The van der Waals surface area contributed by atoms with Gasteiger partial charge in [0.2, 0.25) is 0 Å². The Labute approximate surface area is 139 Å². The van der Waals surface area contributed by atoms with Crippen molar-refractivity contribution < 1.29 is 4.79 Å². The summed E-state index contributed by atoms with van der Waals surface area (Å²) in [5, 5.41) is 6.72. The van der Waals surface area contributed by atoms with Crippen LogP contribution in [0.15, 0.2) is 48.5 Å². The van der Waals surface area contributed by atoms with E-state index in [0.29, 0.717) is 16.6 Å². The van der Waals surface area contributed by atoms with E-state index in [0.717, 1.165) is 11.1 Å². The first-order valence-electron chi connectivity index (χ1n) is 6.64. The minimum atomic E-state index is -0.268. The summed E-state index contributed by atoms with van der Waals surface area (Å²) in [6, 6.07) is 14.3. The van der Waals surface area contributed by atoms with Gasteiger partial charge in [0.05, 0.1) is 6.54 Å². The van der Waals surface area contributed by atoms with Crippen molar-refractivity contribution in [3.63, 3.8) is 0 Å². The molecule has 0 saturated heterocycles. The predicted octanol–water partition coefficient (Wildman–Crippen LogP) is 3.84. The molecule has 3 nitrogen and oxygen atoms in total. The van der Waals surface area contributed by atoms with Gasteiger partial charge in [-0.2, -0.15) is 0 Å². The van der Waals surface area contributed by atoms with Crippen LogP contribution in [-0.2, 0) is 6.54 Å². The first-order valence-corrected chi connectivity index (χ1v) is 7.39. The lowest BCUT2D eigenvalue weighted by atomic mass is 10.2. The smallest absolute Gasteiger partial charge is 0.315 e. The Morgan fingerprint density at radius 3 is 2.50 bits per heavy atom. The normalized spacial score (nSPS) is 9.55. The summed E-state index contributed by atoms with van der Waals surface area (Å²) in [5.74, 6) is 5.80. The largest absolute Gasteiger partial charge is 0.334 e. The minimum absolute atomic E-state index is 0.263. The van der Waals surface area contributed by atoms with E-state index in [9.17, 15) is 4.79 Å². The van der Waals surface area contributed by atoms with Gasteiger partial charge in [-0.25, -0.2) is 4.79 Å². The number of halogens is 2. The molecule has 5 heteroatoms. The van der Waals surface area contributed by atoms with Gasteiger partial charge in [0, 0.05) is 22.2 Å². The number of benzene rings is 2. The predicted molar refractivity (Wildman–Crippen MR) is 90.0 cm³/mol. The molecule has 0 aliphatic carbocycles. The zero-order valence-corrected chi connectivity index (χ0v) is 13.2. The van der Waals surface area contributed by atoms with Crippen LogP contribution >= 0.6 is 23.2 Å². The zero-order valence-electron chi connectivity index (χ0n) is 11.7. The van der Waals surface area contributed by atoms with Gasteiger partial charge in [0.15, 0.2) is 0 Å². The molecule has 0 saturated carbocycles. The molecule has 0 aromatic heterocycles. The van der Waals surface area contributed by atoms with E-state index in [1.165, 1.54) is 0 Å². The average Bonchev–Trinajstić information content (AvgIpc) is 2.51. The molecular weight excluding hydrogens is 319 g/mol. The van der Waals surface area contributed by atoms with Crippen molar-refractivity contribution in [3.8, 4) is 11.8 Å². The van der Waals surface area contributed by atoms with Crippen molar-refractivity contribution in [2.45, 2.75) is 6.54 Å². The second-order valence-corrected chi connectivity index (χ2v) is 5.35. The summed E-state index contributed by atoms with van der Waals surface area (Å²) >= 11 is 11.7. The van der Waals surface area contributed by atoms with Gasteiger partial charge in [-0.3, -0.25) is 0 Å². The van der Waals surface area contributed by atoms with Crippen LogP contribution in [0.2, 0.25) is 10.0 Å². The van der Waals surface area contributed by atoms with Crippen LogP contribution in [0, 0.1) is 11.8 Å². The number of carbonyl (C=O) groups excluding carboxylic acids is 1. The number of urea groups is 1. The lowest BCUT2D eigenvalue weighted by Gasteiger charge is -2.05. The number of rotatable bonds is 3. The second-order valence-electron chi connectivity index (χ2n) is 4.47. The Hall–Kier alpha value is -2.15. The topological polar surface area (TPSA) is 41.1 Å². The Balaban J connectivity index is 1.73. The maximum atomic E-state index is 11.6. The molecule has 0 unspecified atom stereocenters. The number of hydrogen-bond donors (Lipinski definition) is 2. The molecule has 2 aromatic rings. The molecule has 2 aromatic carbocycles. The lowest BCUT2D eigenvalue weighted by molar-refractivity contribution is 0.241. The third-order valence-corrected chi connectivity index (χ3v) is 3.25. The molecule has 0 aliphatic rings. The number of nitrogens with one attached hydrogen (secondary N) is 2. The van der Waals surface area contributed by atoms with E-state index in [4.69, 9.17) is 23.2 Å². The van der Waals surface area contributed by atoms with Gasteiger partial charge in [-0.1, -0.05) is 53.2 Å². The third-order valence-electron chi connectivity index (χ3n) is 2.76. The fourth-order valence-corrected chi connectivity index (χ4v) is 2.00.